The molecule has 0 aromatic heterocycles. The van der Waals surface area contributed by atoms with E-state index >= 15 is 0 Å². The summed E-state index contributed by atoms with van der Waals surface area (Å²) >= 11 is 0. The fraction of sp³-hybridized carbons (Fsp3) is 0.533. The van der Waals surface area contributed by atoms with Crippen molar-refractivity contribution < 1.29 is 14.3 Å². The van der Waals surface area contributed by atoms with Gasteiger partial charge in [0.1, 0.15) is 11.5 Å². The van der Waals surface area contributed by atoms with Crippen LogP contribution in [0.2, 0.25) is 0 Å². The van der Waals surface area contributed by atoms with Crippen molar-refractivity contribution in [2.75, 3.05) is 20.8 Å². The second kappa shape index (κ2) is 8.43. The predicted molar refractivity (Wildman–Crippen MR) is 79.1 cm³/mol. The normalized spacial score (nSPS) is 11.8. The Balaban J connectivity index is 2.46. The summed E-state index contributed by atoms with van der Waals surface area (Å²) in [5, 5.41) is 2.86. The van der Waals surface area contributed by atoms with Gasteiger partial charge in [-0.3, -0.25) is 4.79 Å². The molecule has 0 aliphatic heterocycles. The summed E-state index contributed by atoms with van der Waals surface area (Å²) in [4.78, 5) is 11.7. The number of carbonyl (C=O) groups is 1. The summed E-state index contributed by atoms with van der Waals surface area (Å²) in [7, 11) is 3.22. The minimum atomic E-state index is 0.0347. The number of methoxy groups -OCH3 is 2. The van der Waals surface area contributed by atoms with Crippen molar-refractivity contribution >= 4 is 5.91 Å². The van der Waals surface area contributed by atoms with Crippen molar-refractivity contribution in [3.63, 3.8) is 0 Å². The van der Waals surface area contributed by atoms with Gasteiger partial charge in [-0.2, -0.15) is 0 Å². The number of hydrogen-bond donors (Lipinski definition) is 2. The van der Waals surface area contributed by atoms with Gasteiger partial charge in [-0.15, -0.1) is 0 Å². The fourth-order valence-electron chi connectivity index (χ4n) is 1.80. The maximum Gasteiger partial charge on any atom is 0.220 e. The highest BCUT2D eigenvalue weighted by Gasteiger charge is 2.06. The molecule has 0 heterocycles. The molecule has 1 unspecified atom stereocenters. The van der Waals surface area contributed by atoms with Crippen LogP contribution in [-0.4, -0.2) is 32.7 Å². The predicted octanol–water partition coefficient (Wildman–Crippen LogP) is 1.49. The van der Waals surface area contributed by atoms with Gasteiger partial charge in [-0.25, -0.2) is 0 Å². The van der Waals surface area contributed by atoms with Crippen molar-refractivity contribution in [1.82, 2.24) is 5.32 Å². The summed E-state index contributed by atoms with van der Waals surface area (Å²) < 4.78 is 10.4. The molecular weight excluding hydrogens is 256 g/mol. The summed E-state index contributed by atoms with van der Waals surface area (Å²) in [6.45, 7) is 2.55. The van der Waals surface area contributed by atoms with Gasteiger partial charge >= 0.3 is 0 Å². The molecule has 5 heteroatoms. The van der Waals surface area contributed by atoms with Crippen molar-refractivity contribution in [2.24, 2.45) is 5.73 Å². The van der Waals surface area contributed by atoms with Crippen LogP contribution in [-0.2, 0) is 11.2 Å². The molecule has 0 aliphatic carbocycles. The molecule has 112 valence electrons. The number of hydrogen-bond acceptors (Lipinski definition) is 4. The second-order valence-electron chi connectivity index (χ2n) is 4.84. The number of nitrogens with two attached hydrogens (primary N) is 1. The highest BCUT2D eigenvalue weighted by atomic mass is 16.5. The average Bonchev–Trinajstić information content (AvgIpc) is 2.44. The van der Waals surface area contributed by atoms with Crippen molar-refractivity contribution in [2.45, 2.75) is 32.2 Å². The maximum atomic E-state index is 11.7. The third-order valence-electron chi connectivity index (χ3n) is 2.97. The van der Waals surface area contributed by atoms with Crippen LogP contribution in [0.4, 0.5) is 0 Å². The third-order valence-corrected chi connectivity index (χ3v) is 2.97. The molecule has 1 aromatic rings. The van der Waals surface area contributed by atoms with Gasteiger partial charge in [0, 0.05) is 25.1 Å². The first kappa shape index (κ1) is 16.3. The van der Waals surface area contributed by atoms with Crippen LogP contribution in [0.15, 0.2) is 18.2 Å². The van der Waals surface area contributed by atoms with Gasteiger partial charge in [0.2, 0.25) is 5.91 Å². The van der Waals surface area contributed by atoms with E-state index in [2.05, 4.69) is 5.32 Å². The van der Waals surface area contributed by atoms with Crippen LogP contribution >= 0.6 is 0 Å². The lowest BCUT2D eigenvalue weighted by Crippen LogP contribution is -2.29. The van der Waals surface area contributed by atoms with Crippen LogP contribution in [0.1, 0.15) is 25.3 Å². The SMILES string of the molecule is COc1cc(CCC(=O)NCCC(C)N)cc(OC)c1. The molecule has 5 nitrogen and oxygen atoms in total. The molecule has 0 spiro atoms. The lowest BCUT2D eigenvalue weighted by atomic mass is 10.1. The highest BCUT2D eigenvalue weighted by Crippen LogP contribution is 2.23. The zero-order valence-corrected chi connectivity index (χ0v) is 12.4. The number of ether oxygens (including phenoxy) is 2. The minimum absolute atomic E-state index is 0.0347. The first-order chi connectivity index (χ1) is 9.55. The Hall–Kier alpha value is -1.75. The topological polar surface area (TPSA) is 73.6 Å². The van der Waals surface area contributed by atoms with E-state index in [0.717, 1.165) is 23.5 Å². The van der Waals surface area contributed by atoms with Crippen LogP contribution in [0.3, 0.4) is 0 Å². The zero-order valence-electron chi connectivity index (χ0n) is 12.4. The van der Waals surface area contributed by atoms with Crippen LogP contribution in [0.25, 0.3) is 0 Å². The van der Waals surface area contributed by atoms with Crippen molar-refractivity contribution in [1.29, 1.82) is 0 Å². The fourth-order valence-corrected chi connectivity index (χ4v) is 1.80. The number of amides is 1. The summed E-state index contributed by atoms with van der Waals surface area (Å²) in [6.07, 6.45) is 1.88. The molecule has 1 amide bonds. The van der Waals surface area contributed by atoms with Gasteiger partial charge in [-0.1, -0.05) is 0 Å². The summed E-state index contributed by atoms with van der Waals surface area (Å²) in [5.41, 5.74) is 6.65. The first-order valence-electron chi connectivity index (χ1n) is 6.79. The monoisotopic (exact) mass is 280 g/mol. The molecule has 0 saturated carbocycles. The van der Waals surface area contributed by atoms with E-state index in [4.69, 9.17) is 15.2 Å². The van der Waals surface area contributed by atoms with E-state index in [1.54, 1.807) is 14.2 Å². The van der Waals surface area contributed by atoms with Gasteiger partial charge < -0.3 is 20.5 Å². The molecule has 1 aromatic carbocycles. The Morgan fingerprint density at radius 2 is 1.85 bits per heavy atom. The molecule has 1 atom stereocenters. The third kappa shape index (κ3) is 5.93. The quantitative estimate of drug-likeness (QED) is 0.756. The van der Waals surface area contributed by atoms with Crippen LogP contribution in [0.5, 0.6) is 11.5 Å². The minimum Gasteiger partial charge on any atom is -0.497 e. The van der Waals surface area contributed by atoms with Crippen molar-refractivity contribution in [3.8, 4) is 11.5 Å². The second-order valence-corrected chi connectivity index (χ2v) is 4.84. The van der Waals surface area contributed by atoms with E-state index < -0.39 is 0 Å². The largest absolute Gasteiger partial charge is 0.497 e. The molecule has 0 fully saturated rings. The van der Waals surface area contributed by atoms with Gasteiger partial charge in [-0.05, 0) is 37.5 Å². The molecule has 0 aliphatic rings. The standard InChI is InChI=1S/C15H24N2O3/c1-11(16)6-7-17-15(18)5-4-12-8-13(19-2)10-14(9-12)20-3/h8-11H,4-7,16H2,1-3H3,(H,17,18). The van der Waals surface area contributed by atoms with Gasteiger partial charge in [0.05, 0.1) is 14.2 Å². The molecule has 20 heavy (non-hydrogen) atoms. The van der Waals surface area contributed by atoms with Crippen LogP contribution < -0.4 is 20.5 Å². The number of nitrogens with one attached hydrogen (secondary N) is 1. The Morgan fingerprint density at radius 1 is 1.25 bits per heavy atom. The zero-order chi connectivity index (χ0) is 15.0. The highest BCUT2D eigenvalue weighted by molar-refractivity contribution is 5.76. The number of carbonyl (C=O) groups excluding carboxylic acids is 1. The van der Waals surface area contributed by atoms with Gasteiger partial charge in [0.25, 0.3) is 0 Å². The Bertz CT molecular complexity index is 411. The Labute approximate surface area is 120 Å². The van der Waals surface area contributed by atoms with E-state index in [0.29, 0.717) is 19.4 Å². The molecular formula is C15H24N2O3. The summed E-state index contributed by atoms with van der Waals surface area (Å²) in [6, 6.07) is 5.75. The lowest BCUT2D eigenvalue weighted by Gasteiger charge is -2.09. The lowest BCUT2D eigenvalue weighted by molar-refractivity contribution is -0.121. The first-order valence-corrected chi connectivity index (χ1v) is 6.79. The molecule has 0 saturated heterocycles. The molecule has 3 N–H and O–H groups in total. The smallest absolute Gasteiger partial charge is 0.220 e. The Morgan fingerprint density at radius 3 is 2.35 bits per heavy atom. The number of aryl methyl sites for hydroxylation is 1. The van der Waals surface area contributed by atoms with E-state index in [-0.39, 0.29) is 11.9 Å². The van der Waals surface area contributed by atoms with E-state index in [1.807, 2.05) is 25.1 Å². The van der Waals surface area contributed by atoms with E-state index in [1.165, 1.54) is 0 Å². The number of benzene rings is 1. The number of rotatable bonds is 8. The Kier molecular flexibility index (Phi) is 6.87. The molecule has 0 bridgehead atoms. The van der Waals surface area contributed by atoms with Crippen molar-refractivity contribution in [3.05, 3.63) is 23.8 Å². The van der Waals surface area contributed by atoms with E-state index in [9.17, 15) is 4.79 Å². The van der Waals surface area contributed by atoms with Gasteiger partial charge in [0.15, 0.2) is 0 Å². The van der Waals surface area contributed by atoms with Crippen LogP contribution in [0, 0.1) is 0 Å². The molecule has 1 rings (SSSR count). The summed E-state index contributed by atoms with van der Waals surface area (Å²) in [5.74, 6) is 1.50. The maximum absolute atomic E-state index is 11.7. The molecule has 0 radical (unpaired) electrons. The average molecular weight is 280 g/mol.